The maximum atomic E-state index is 12.6. The first-order valence-electron chi connectivity index (χ1n) is 7.97. The van der Waals surface area contributed by atoms with E-state index in [0.717, 1.165) is 6.54 Å². The first kappa shape index (κ1) is 21.1. The number of hydrogen-bond acceptors (Lipinski definition) is 7. The Balaban J connectivity index is 2.07. The van der Waals surface area contributed by atoms with Crippen molar-refractivity contribution in [1.82, 2.24) is 15.2 Å². The summed E-state index contributed by atoms with van der Waals surface area (Å²) in [5.41, 5.74) is 0.625. The number of likely N-dealkylation sites (N-methyl/N-ethyl adjacent to an activating group) is 1. The van der Waals surface area contributed by atoms with Gasteiger partial charge in [-0.1, -0.05) is 0 Å². The Labute approximate surface area is 170 Å². The molecule has 2 rings (SSSR count). The number of carbonyl (C=O) groups is 2. The number of nitrogens with one attached hydrogen (secondary N) is 2. The highest BCUT2D eigenvalue weighted by Crippen LogP contribution is 2.33. The van der Waals surface area contributed by atoms with Crippen molar-refractivity contribution in [3.05, 3.63) is 33.2 Å². The minimum Gasteiger partial charge on any atom is -0.493 e. The number of hydrogen-bond donors (Lipinski definition) is 2. The van der Waals surface area contributed by atoms with Crippen molar-refractivity contribution in [2.45, 2.75) is 0 Å². The zero-order valence-corrected chi connectivity index (χ0v) is 17.9. The Hall–Kier alpha value is -2.17. The Kier molecular flexibility index (Phi) is 7.57. The number of thiazole rings is 1. The van der Waals surface area contributed by atoms with Crippen LogP contribution in [0.25, 0.3) is 0 Å². The molecule has 0 unspecified atom stereocenters. The van der Waals surface area contributed by atoms with E-state index in [4.69, 9.17) is 9.47 Å². The quantitative estimate of drug-likeness (QED) is 0.633. The molecule has 0 aliphatic heterocycles. The fraction of sp³-hybridized carbons (Fsp3) is 0.353. The van der Waals surface area contributed by atoms with Crippen molar-refractivity contribution >= 4 is 44.2 Å². The molecule has 0 fully saturated rings. The van der Waals surface area contributed by atoms with Crippen LogP contribution in [0.5, 0.6) is 11.5 Å². The summed E-state index contributed by atoms with van der Waals surface area (Å²) < 4.78 is 11.0. The van der Waals surface area contributed by atoms with Crippen molar-refractivity contribution in [1.29, 1.82) is 0 Å². The van der Waals surface area contributed by atoms with Gasteiger partial charge in [0.2, 0.25) is 0 Å². The van der Waals surface area contributed by atoms with Crippen molar-refractivity contribution in [2.24, 2.45) is 0 Å². The fourth-order valence-corrected chi connectivity index (χ4v) is 3.30. The lowest BCUT2D eigenvalue weighted by Crippen LogP contribution is -2.31. The summed E-state index contributed by atoms with van der Waals surface area (Å²) in [5, 5.41) is 7.40. The van der Waals surface area contributed by atoms with Gasteiger partial charge < -0.3 is 19.7 Å². The van der Waals surface area contributed by atoms with E-state index < -0.39 is 0 Å². The molecule has 146 valence electrons. The third-order valence-corrected chi connectivity index (χ3v) is 4.93. The number of amides is 2. The summed E-state index contributed by atoms with van der Waals surface area (Å²) >= 11 is 4.53. The number of methoxy groups -OCH3 is 2. The van der Waals surface area contributed by atoms with E-state index in [0.29, 0.717) is 33.2 Å². The first-order valence-corrected chi connectivity index (χ1v) is 9.64. The van der Waals surface area contributed by atoms with Crippen LogP contribution in [0.15, 0.2) is 22.0 Å². The molecule has 1 aromatic heterocycles. The number of halogens is 1. The predicted octanol–water partition coefficient (Wildman–Crippen LogP) is 2.47. The molecule has 2 amide bonds. The number of rotatable bonds is 8. The van der Waals surface area contributed by atoms with Gasteiger partial charge in [-0.15, -0.1) is 11.3 Å². The molecule has 0 aliphatic carbocycles. The molecule has 2 N–H and O–H groups in total. The largest absolute Gasteiger partial charge is 0.493 e. The highest BCUT2D eigenvalue weighted by atomic mass is 79.9. The fourth-order valence-electron chi connectivity index (χ4n) is 2.11. The lowest BCUT2D eigenvalue weighted by molar-refractivity contribution is 0.0945. The second kappa shape index (κ2) is 9.67. The predicted molar refractivity (Wildman–Crippen MR) is 108 cm³/mol. The van der Waals surface area contributed by atoms with Crippen molar-refractivity contribution < 1.29 is 19.1 Å². The molecule has 0 aliphatic rings. The van der Waals surface area contributed by atoms with Crippen LogP contribution in [0.1, 0.15) is 20.8 Å². The van der Waals surface area contributed by atoms with Gasteiger partial charge in [-0.25, -0.2) is 4.98 Å². The van der Waals surface area contributed by atoms with Crippen molar-refractivity contribution in [3.8, 4) is 11.5 Å². The molecule has 0 spiro atoms. The number of benzene rings is 1. The first-order chi connectivity index (χ1) is 12.8. The van der Waals surface area contributed by atoms with Gasteiger partial charge in [-0.3, -0.25) is 14.9 Å². The molecule has 2 aromatic rings. The number of nitrogens with zero attached hydrogens (tertiary/aromatic N) is 2. The van der Waals surface area contributed by atoms with Crippen LogP contribution in [0.4, 0.5) is 5.13 Å². The molecule has 8 nitrogen and oxygen atoms in total. The Bertz CT molecular complexity index is 825. The second-order valence-electron chi connectivity index (χ2n) is 5.74. The molecule has 0 bridgehead atoms. The lowest BCUT2D eigenvalue weighted by Gasteiger charge is -2.11. The van der Waals surface area contributed by atoms with E-state index in [1.807, 2.05) is 19.0 Å². The number of anilines is 1. The smallest absolute Gasteiger partial charge is 0.270 e. The molecular weight excluding hydrogens is 436 g/mol. The summed E-state index contributed by atoms with van der Waals surface area (Å²) in [5.74, 6) is 0.287. The van der Waals surface area contributed by atoms with Gasteiger partial charge in [0, 0.05) is 22.9 Å². The topological polar surface area (TPSA) is 92.8 Å². The summed E-state index contributed by atoms with van der Waals surface area (Å²) in [6, 6.07) is 3.22. The number of ether oxygens (including phenoxy) is 2. The second-order valence-corrected chi connectivity index (χ2v) is 7.45. The zero-order valence-electron chi connectivity index (χ0n) is 15.5. The molecular formula is C17H21BrN4O4S. The average Bonchev–Trinajstić information content (AvgIpc) is 3.09. The summed E-state index contributed by atoms with van der Waals surface area (Å²) in [7, 11) is 6.87. The average molecular weight is 457 g/mol. The van der Waals surface area contributed by atoms with E-state index in [-0.39, 0.29) is 17.5 Å². The normalized spacial score (nSPS) is 10.6. The van der Waals surface area contributed by atoms with Crippen LogP contribution >= 0.6 is 27.3 Å². The third-order valence-electron chi connectivity index (χ3n) is 3.52. The zero-order chi connectivity index (χ0) is 20.0. The van der Waals surface area contributed by atoms with Gasteiger partial charge in [-0.2, -0.15) is 0 Å². The summed E-state index contributed by atoms with van der Waals surface area (Å²) in [6.45, 7) is 1.25. The standard InChI is InChI=1S/C17H21BrN4O4S/c1-22(2)6-5-19-16(24)12-9-27-17(20-12)21-15(23)10-7-13(25-3)14(26-4)8-11(10)18/h7-9H,5-6H2,1-4H3,(H,19,24)(H,20,21,23). The van der Waals surface area contributed by atoms with Crippen LogP contribution in [0.2, 0.25) is 0 Å². The van der Waals surface area contributed by atoms with Gasteiger partial charge in [-0.05, 0) is 42.2 Å². The summed E-state index contributed by atoms with van der Waals surface area (Å²) in [6.07, 6.45) is 0. The van der Waals surface area contributed by atoms with E-state index in [2.05, 4.69) is 31.5 Å². The van der Waals surface area contributed by atoms with Crippen molar-refractivity contribution in [3.63, 3.8) is 0 Å². The van der Waals surface area contributed by atoms with Crippen LogP contribution in [0, 0.1) is 0 Å². The summed E-state index contributed by atoms with van der Waals surface area (Å²) in [4.78, 5) is 30.8. The van der Waals surface area contributed by atoms with Crippen LogP contribution in [0.3, 0.4) is 0 Å². The minimum atomic E-state index is -0.378. The number of carbonyl (C=O) groups excluding carboxylic acids is 2. The molecule has 1 aromatic carbocycles. The maximum absolute atomic E-state index is 12.6. The molecule has 1 heterocycles. The van der Waals surface area contributed by atoms with E-state index >= 15 is 0 Å². The molecule has 27 heavy (non-hydrogen) atoms. The van der Waals surface area contributed by atoms with E-state index in [1.54, 1.807) is 17.5 Å². The molecule has 0 saturated heterocycles. The van der Waals surface area contributed by atoms with E-state index in [9.17, 15) is 9.59 Å². The highest BCUT2D eigenvalue weighted by molar-refractivity contribution is 9.10. The van der Waals surface area contributed by atoms with Crippen LogP contribution in [-0.2, 0) is 0 Å². The Morgan fingerprint density at radius 1 is 1.19 bits per heavy atom. The maximum Gasteiger partial charge on any atom is 0.270 e. The molecule has 10 heteroatoms. The monoisotopic (exact) mass is 456 g/mol. The van der Waals surface area contributed by atoms with Gasteiger partial charge in [0.15, 0.2) is 16.6 Å². The van der Waals surface area contributed by atoms with Gasteiger partial charge in [0.1, 0.15) is 5.69 Å². The van der Waals surface area contributed by atoms with Crippen molar-refractivity contribution in [2.75, 3.05) is 46.7 Å². The molecule has 0 atom stereocenters. The SMILES string of the molecule is COc1cc(Br)c(C(=O)Nc2nc(C(=O)NCCN(C)C)cs2)cc1OC. The van der Waals surface area contributed by atoms with E-state index in [1.165, 1.54) is 25.6 Å². The molecule has 0 radical (unpaired) electrons. The Morgan fingerprint density at radius 2 is 1.85 bits per heavy atom. The minimum absolute atomic E-state index is 0.264. The van der Waals surface area contributed by atoms with Gasteiger partial charge in [0.25, 0.3) is 11.8 Å². The third kappa shape index (κ3) is 5.65. The van der Waals surface area contributed by atoms with Crippen LogP contribution < -0.4 is 20.1 Å². The Morgan fingerprint density at radius 3 is 2.48 bits per heavy atom. The highest BCUT2D eigenvalue weighted by Gasteiger charge is 2.18. The molecule has 0 saturated carbocycles. The van der Waals surface area contributed by atoms with Gasteiger partial charge >= 0.3 is 0 Å². The lowest BCUT2D eigenvalue weighted by atomic mass is 10.2. The van der Waals surface area contributed by atoms with Gasteiger partial charge in [0.05, 0.1) is 19.8 Å². The number of aromatic nitrogens is 1. The van der Waals surface area contributed by atoms with Crippen LogP contribution in [-0.4, -0.2) is 63.1 Å².